The van der Waals surface area contributed by atoms with Crippen LogP contribution in [0.3, 0.4) is 0 Å². The summed E-state index contributed by atoms with van der Waals surface area (Å²) in [4.78, 5) is 36.5. The van der Waals surface area contributed by atoms with Gasteiger partial charge in [-0.1, -0.05) is 18.2 Å². The molecule has 0 aliphatic carbocycles. The van der Waals surface area contributed by atoms with Crippen molar-refractivity contribution in [2.75, 3.05) is 11.9 Å². The van der Waals surface area contributed by atoms with Crippen LogP contribution in [-0.4, -0.2) is 34.8 Å². The first-order valence-electron chi connectivity index (χ1n) is 5.89. The first kappa shape index (κ1) is 13.1. The smallest absolute Gasteiger partial charge is 0.308 e. The van der Waals surface area contributed by atoms with Gasteiger partial charge in [0, 0.05) is 5.69 Å². The van der Waals surface area contributed by atoms with Gasteiger partial charge >= 0.3 is 6.03 Å². The molecule has 6 nitrogen and oxygen atoms in total. The van der Waals surface area contributed by atoms with Gasteiger partial charge in [0.25, 0.3) is 5.91 Å². The van der Waals surface area contributed by atoms with Gasteiger partial charge in [-0.3, -0.25) is 14.9 Å². The average Bonchev–Trinajstić information content (AvgIpc) is 2.35. The number of piperazine rings is 1. The third-order valence-corrected chi connectivity index (χ3v) is 3.06. The van der Waals surface area contributed by atoms with E-state index >= 15 is 0 Å². The fourth-order valence-corrected chi connectivity index (χ4v) is 1.82. The predicted octanol–water partition coefficient (Wildman–Crippen LogP) is 0.955. The molecule has 0 spiro atoms. The minimum Gasteiger partial charge on any atom is -0.308 e. The highest BCUT2D eigenvalue weighted by molar-refractivity contribution is 6.07. The second-order valence-corrected chi connectivity index (χ2v) is 4.82. The van der Waals surface area contributed by atoms with E-state index in [2.05, 4.69) is 10.6 Å². The Morgan fingerprint density at radius 2 is 1.89 bits per heavy atom. The lowest BCUT2D eigenvalue weighted by molar-refractivity contribution is -0.142. The molecule has 0 saturated carbocycles. The van der Waals surface area contributed by atoms with E-state index in [1.165, 1.54) is 4.90 Å². The fraction of sp³-hybridized carbons (Fsp3) is 0.308. The summed E-state index contributed by atoms with van der Waals surface area (Å²) in [7, 11) is 0. The van der Waals surface area contributed by atoms with E-state index in [9.17, 15) is 14.4 Å². The highest BCUT2D eigenvalue weighted by Crippen LogP contribution is 2.19. The molecule has 19 heavy (non-hydrogen) atoms. The van der Waals surface area contributed by atoms with Crippen molar-refractivity contribution in [3.8, 4) is 0 Å². The van der Waals surface area contributed by atoms with Crippen molar-refractivity contribution in [2.24, 2.45) is 0 Å². The first-order valence-corrected chi connectivity index (χ1v) is 5.89. The molecule has 2 N–H and O–H groups in total. The lowest BCUT2D eigenvalue weighted by atomic mass is 9.99. The molecule has 0 atom stereocenters. The summed E-state index contributed by atoms with van der Waals surface area (Å²) in [6, 6.07) is 8.40. The SMILES string of the molecule is CC1(C)C(=O)NC(=O)CN1C(=O)Nc1ccccc1. The standard InChI is InChI=1S/C13H15N3O3/c1-13(2)11(18)15-10(17)8-16(13)12(19)14-9-6-4-3-5-7-9/h3-7H,8H2,1-2H3,(H,14,19)(H,15,17,18). The fourth-order valence-electron chi connectivity index (χ4n) is 1.82. The topological polar surface area (TPSA) is 78.5 Å². The summed E-state index contributed by atoms with van der Waals surface area (Å²) in [6.07, 6.45) is 0. The number of anilines is 1. The van der Waals surface area contributed by atoms with Crippen LogP contribution in [0.1, 0.15) is 13.8 Å². The monoisotopic (exact) mass is 261 g/mol. The van der Waals surface area contributed by atoms with Crippen molar-refractivity contribution in [3.05, 3.63) is 30.3 Å². The van der Waals surface area contributed by atoms with Crippen LogP contribution in [0.25, 0.3) is 0 Å². The zero-order valence-corrected chi connectivity index (χ0v) is 10.8. The van der Waals surface area contributed by atoms with Gasteiger partial charge in [0.05, 0.1) is 0 Å². The molecule has 1 aliphatic heterocycles. The van der Waals surface area contributed by atoms with Gasteiger partial charge in [-0.05, 0) is 26.0 Å². The Morgan fingerprint density at radius 1 is 1.26 bits per heavy atom. The van der Waals surface area contributed by atoms with E-state index in [4.69, 9.17) is 0 Å². The van der Waals surface area contributed by atoms with E-state index in [0.29, 0.717) is 5.69 Å². The van der Waals surface area contributed by atoms with E-state index in [-0.39, 0.29) is 6.54 Å². The molecule has 1 aromatic carbocycles. The quantitative estimate of drug-likeness (QED) is 0.739. The Balaban J connectivity index is 2.17. The molecule has 0 unspecified atom stereocenters. The molecule has 1 fully saturated rings. The number of amides is 4. The number of benzene rings is 1. The molecular formula is C13H15N3O3. The molecular weight excluding hydrogens is 246 g/mol. The molecule has 4 amide bonds. The maximum atomic E-state index is 12.2. The molecule has 1 aromatic rings. The molecule has 2 rings (SSSR count). The molecule has 100 valence electrons. The number of rotatable bonds is 1. The van der Waals surface area contributed by atoms with Gasteiger partial charge in [-0.15, -0.1) is 0 Å². The van der Waals surface area contributed by atoms with Crippen molar-refractivity contribution in [2.45, 2.75) is 19.4 Å². The van der Waals surface area contributed by atoms with Crippen molar-refractivity contribution < 1.29 is 14.4 Å². The highest BCUT2D eigenvalue weighted by atomic mass is 16.2. The number of carbonyl (C=O) groups excluding carboxylic acids is 3. The van der Waals surface area contributed by atoms with E-state index in [1.807, 2.05) is 6.07 Å². The Kier molecular flexibility index (Phi) is 3.25. The molecule has 6 heteroatoms. The summed E-state index contributed by atoms with van der Waals surface area (Å²) in [5.74, 6) is -0.959. The number of imide groups is 1. The number of hydrogen-bond acceptors (Lipinski definition) is 3. The summed E-state index contributed by atoms with van der Waals surface area (Å²) >= 11 is 0. The zero-order chi connectivity index (χ0) is 14.0. The van der Waals surface area contributed by atoms with E-state index < -0.39 is 23.4 Å². The Hall–Kier alpha value is -2.37. The van der Waals surface area contributed by atoms with Crippen LogP contribution in [0.4, 0.5) is 10.5 Å². The number of nitrogens with zero attached hydrogens (tertiary/aromatic N) is 1. The normalized spacial score (nSPS) is 17.9. The number of hydrogen-bond donors (Lipinski definition) is 2. The lowest BCUT2D eigenvalue weighted by Crippen LogP contribution is -2.66. The van der Waals surface area contributed by atoms with Gasteiger partial charge < -0.3 is 10.2 Å². The number of urea groups is 1. The Labute approximate surface area is 110 Å². The van der Waals surface area contributed by atoms with Crippen LogP contribution in [0.15, 0.2) is 30.3 Å². The van der Waals surface area contributed by atoms with Gasteiger partial charge in [-0.2, -0.15) is 0 Å². The Bertz CT molecular complexity index is 525. The van der Waals surface area contributed by atoms with Crippen molar-refractivity contribution in [3.63, 3.8) is 0 Å². The first-order chi connectivity index (χ1) is 8.91. The van der Waals surface area contributed by atoms with Crippen molar-refractivity contribution in [1.82, 2.24) is 10.2 Å². The molecule has 1 heterocycles. The maximum absolute atomic E-state index is 12.2. The lowest BCUT2D eigenvalue weighted by Gasteiger charge is -2.39. The maximum Gasteiger partial charge on any atom is 0.323 e. The number of nitrogens with one attached hydrogen (secondary N) is 2. The van der Waals surface area contributed by atoms with Crippen LogP contribution in [-0.2, 0) is 9.59 Å². The van der Waals surface area contributed by atoms with Gasteiger partial charge in [-0.25, -0.2) is 4.79 Å². The Morgan fingerprint density at radius 3 is 2.53 bits per heavy atom. The average molecular weight is 261 g/mol. The third kappa shape index (κ3) is 2.57. The minimum absolute atomic E-state index is 0.141. The van der Waals surface area contributed by atoms with Crippen LogP contribution in [0, 0.1) is 0 Å². The van der Waals surface area contributed by atoms with Gasteiger partial charge in [0.2, 0.25) is 5.91 Å². The number of para-hydroxylation sites is 1. The molecule has 0 aromatic heterocycles. The number of carbonyl (C=O) groups is 3. The van der Waals surface area contributed by atoms with Crippen molar-refractivity contribution in [1.29, 1.82) is 0 Å². The minimum atomic E-state index is -1.06. The largest absolute Gasteiger partial charge is 0.323 e. The van der Waals surface area contributed by atoms with Crippen LogP contribution in [0.2, 0.25) is 0 Å². The van der Waals surface area contributed by atoms with E-state index in [1.54, 1.807) is 38.1 Å². The zero-order valence-electron chi connectivity index (χ0n) is 10.8. The highest BCUT2D eigenvalue weighted by Gasteiger charge is 2.43. The van der Waals surface area contributed by atoms with E-state index in [0.717, 1.165) is 0 Å². The molecule has 1 saturated heterocycles. The van der Waals surface area contributed by atoms with Crippen LogP contribution >= 0.6 is 0 Å². The summed E-state index contributed by atoms with van der Waals surface area (Å²) in [6.45, 7) is 3.05. The van der Waals surface area contributed by atoms with Gasteiger partial charge in [0.15, 0.2) is 0 Å². The van der Waals surface area contributed by atoms with Crippen molar-refractivity contribution >= 4 is 23.5 Å². The van der Waals surface area contributed by atoms with Gasteiger partial charge in [0.1, 0.15) is 12.1 Å². The summed E-state index contributed by atoms with van der Waals surface area (Å²) in [5, 5.41) is 4.88. The predicted molar refractivity (Wildman–Crippen MR) is 69.4 cm³/mol. The van der Waals surface area contributed by atoms with Crippen LogP contribution < -0.4 is 10.6 Å². The molecule has 0 radical (unpaired) electrons. The second-order valence-electron chi connectivity index (χ2n) is 4.82. The van der Waals surface area contributed by atoms with Crippen LogP contribution in [0.5, 0.6) is 0 Å². The summed E-state index contributed by atoms with van der Waals surface area (Å²) < 4.78 is 0. The third-order valence-electron chi connectivity index (χ3n) is 3.06. The second kappa shape index (κ2) is 4.72. The molecule has 1 aliphatic rings. The molecule has 0 bridgehead atoms. The summed E-state index contributed by atoms with van der Waals surface area (Å²) in [5.41, 5.74) is -0.450.